The summed E-state index contributed by atoms with van der Waals surface area (Å²) in [6, 6.07) is 4.69. The number of thiophene rings is 1. The van der Waals surface area contributed by atoms with Crippen LogP contribution in [-0.2, 0) is 12.8 Å². The van der Waals surface area contributed by atoms with Crippen LogP contribution < -0.4 is 5.32 Å². The molecule has 2 rings (SSSR count). The van der Waals surface area contributed by atoms with E-state index in [2.05, 4.69) is 31.3 Å². The van der Waals surface area contributed by atoms with Crippen molar-refractivity contribution in [1.82, 2.24) is 5.32 Å². The molecule has 0 aromatic carbocycles. The second kappa shape index (κ2) is 8.06. The van der Waals surface area contributed by atoms with Crippen molar-refractivity contribution in [1.29, 1.82) is 0 Å². The zero-order valence-corrected chi connectivity index (χ0v) is 13.4. The van der Waals surface area contributed by atoms with E-state index in [0.717, 1.165) is 11.8 Å². The topological polar surface area (TPSA) is 12.0 Å². The van der Waals surface area contributed by atoms with Gasteiger partial charge in [0.2, 0.25) is 0 Å². The third-order valence-corrected chi connectivity index (χ3v) is 5.68. The number of aryl methyl sites for hydroxylation is 1. The summed E-state index contributed by atoms with van der Waals surface area (Å²) in [5.74, 6) is 1.83. The minimum Gasteiger partial charge on any atom is -0.316 e. The minimum atomic E-state index is 0.859. The predicted octanol–water partition coefficient (Wildman–Crippen LogP) is 4.66. The Kier molecular flexibility index (Phi) is 6.39. The molecule has 1 nitrogen and oxygen atoms in total. The van der Waals surface area contributed by atoms with Crippen LogP contribution in [0.3, 0.4) is 0 Å². The Bertz CT molecular complexity index is 352. The number of rotatable bonds is 8. The molecule has 1 atom stereocenters. The molecular weight excluding hydrogens is 250 g/mol. The van der Waals surface area contributed by atoms with E-state index in [9.17, 15) is 0 Å². The van der Waals surface area contributed by atoms with Gasteiger partial charge in [0, 0.05) is 9.75 Å². The third-order valence-electron chi connectivity index (χ3n) is 4.43. The lowest BCUT2D eigenvalue weighted by atomic mass is 9.87. The summed E-state index contributed by atoms with van der Waals surface area (Å²) < 4.78 is 0. The fourth-order valence-corrected chi connectivity index (χ4v) is 4.33. The second-order valence-corrected chi connectivity index (χ2v) is 7.19. The summed E-state index contributed by atoms with van der Waals surface area (Å²) in [6.07, 6.45) is 9.57. The third kappa shape index (κ3) is 4.61. The normalized spacial score (nSPS) is 18.0. The van der Waals surface area contributed by atoms with Crippen molar-refractivity contribution in [3.8, 4) is 0 Å². The quantitative estimate of drug-likeness (QED) is 0.683. The SMILES string of the molecule is CCCNCC(Cc1ccc(CC)s1)C1CCCC1. The van der Waals surface area contributed by atoms with Gasteiger partial charge in [0.1, 0.15) is 0 Å². The van der Waals surface area contributed by atoms with Crippen molar-refractivity contribution in [3.05, 3.63) is 21.9 Å². The fourth-order valence-electron chi connectivity index (χ4n) is 3.28. The summed E-state index contributed by atoms with van der Waals surface area (Å²) >= 11 is 2.03. The summed E-state index contributed by atoms with van der Waals surface area (Å²) in [6.45, 7) is 6.91. The van der Waals surface area contributed by atoms with E-state index in [1.54, 1.807) is 9.75 Å². The molecule has 1 saturated carbocycles. The van der Waals surface area contributed by atoms with Crippen molar-refractivity contribution >= 4 is 11.3 Å². The molecule has 1 N–H and O–H groups in total. The van der Waals surface area contributed by atoms with Crippen LogP contribution in [0.15, 0.2) is 12.1 Å². The lowest BCUT2D eigenvalue weighted by Gasteiger charge is -2.23. The van der Waals surface area contributed by atoms with E-state index in [1.165, 1.54) is 58.0 Å². The Morgan fingerprint density at radius 3 is 2.58 bits per heavy atom. The molecule has 2 heteroatoms. The van der Waals surface area contributed by atoms with Gasteiger partial charge in [-0.05, 0) is 56.3 Å². The van der Waals surface area contributed by atoms with Crippen LogP contribution in [0.2, 0.25) is 0 Å². The van der Waals surface area contributed by atoms with E-state index in [0.29, 0.717) is 0 Å². The lowest BCUT2D eigenvalue weighted by molar-refractivity contribution is 0.323. The van der Waals surface area contributed by atoms with Gasteiger partial charge < -0.3 is 5.32 Å². The largest absolute Gasteiger partial charge is 0.316 e. The molecule has 1 heterocycles. The lowest BCUT2D eigenvalue weighted by Crippen LogP contribution is -2.29. The molecule has 1 fully saturated rings. The fraction of sp³-hybridized carbons (Fsp3) is 0.765. The highest BCUT2D eigenvalue weighted by Crippen LogP contribution is 2.34. The van der Waals surface area contributed by atoms with Crippen LogP contribution in [0.1, 0.15) is 55.7 Å². The highest BCUT2D eigenvalue weighted by Gasteiger charge is 2.25. The van der Waals surface area contributed by atoms with Gasteiger partial charge in [0.25, 0.3) is 0 Å². The van der Waals surface area contributed by atoms with Crippen LogP contribution in [-0.4, -0.2) is 13.1 Å². The minimum absolute atomic E-state index is 0.859. The first-order valence-electron chi connectivity index (χ1n) is 8.11. The van der Waals surface area contributed by atoms with Crippen LogP contribution >= 0.6 is 11.3 Å². The molecule has 19 heavy (non-hydrogen) atoms. The number of nitrogens with one attached hydrogen (secondary N) is 1. The molecule has 1 aliphatic rings. The first-order chi connectivity index (χ1) is 9.33. The van der Waals surface area contributed by atoms with Gasteiger partial charge in [-0.3, -0.25) is 0 Å². The summed E-state index contributed by atoms with van der Waals surface area (Å²) in [7, 11) is 0. The van der Waals surface area contributed by atoms with Crippen molar-refractivity contribution in [2.75, 3.05) is 13.1 Å². The molecule has 0 aliphatic heterocycles. The highest BCUT2D eigenvalue weighted by atomic mass is 32.1. The van der Waals surface area contributed by atoms with Crippen molar-refractivity contribution in [2.45, 2.75) is 58.8 Å². The number of hydrogen-bond acceptors (Lipinski definition) is 2. The molecule has 0 spiro atoms. The second-order valence-electron chi connectivity index (χ2n) is 5.93. The van der Waals surface area contributed by atoms with Crippen LogP contribution in [0.4, 0.5) is 0 Å². The monoisotopic (exact) mass is 279 g/mol. The smallest absolute Gasteiger partial charge is 0.00515 e. The maximum atomic E-state index is 3.66. The van der Waals surface area contributed by atoms with Gasteiger partial charge in [-0.1, -0.05) is 39.5 Å². The van der Waals surface area contributed by atoms with Crippen LogP contribution in [0.25, 0.3) is 0 Å². The maximum absolute atomic E-state index is 3.66. The maximum Gasteiger partial charge on any atom is 0.00515 e. The molecule has 0 saturated heterocycles. The van der Waals surface area contributed by atoms with Crippen molar-refractivity contribution in [2.24, 2.45) is 11.8 Å². The Hall–Kier alpha value is -0.340. The molecule has 108 valence electrons. The first kappa shape index (κ1) is 15.1. The van der Waals surface area contributed by atoms with Gasteiger partial charge >= 0.3 is 0 Å². The zero-order chi connectivity index (χ0) is 13.5. The average molecular weight is 279 g/mol. The predicted molar refractivity (Wildman–Crippen MR) is 86.0 cm³/mol. The molecule has 0 radical (unpaired) electrons. The zero-order valence-electron chi connectivity index (χ0n) is 12.6. The van der Waals surface area contributed by atoms with E-state index in [1.807, 2.05) is 11.3 Å². The molecule has 0 amide bonds. The van der Waals surface area contributed by atoms with Gasteiger partial charge in [0.15, 0.2) is 0 Å². The highest BCUT2D eigenvalue weighted by molar-refractivity contribution is 7.11. The Morgan fingerprint density at radius 2 is 1.95 bits per heavy atom. The summed E-state index contributed by atoms with van der Waals surface area (Å²) in [4.78, 5) is 3.15. The van der Waals surface area contributed by atoms with E-state index >= 15 is 0 Å². The Labute approximate surface area is 122 Å². The molecule has 1 unspecified atom stereocenters. The van der Waals surface area contributed by atoms with E-state index < -0.39 is 0 Å². The summed E-state index contributed by atoms with van der Waals surface area (Å²) in [5, 5.41) is 3.66. The Morgan fingerprint density at radius 1 is 1.21 bits per heavy atom. The van der Waals surface area contributed by atoms with Gasteiger partial charge in [-0.15, -0.1) is 11.3 Å². The summed E-state index contributed by atoms with van der Waals surface area (Å²) in [5.41, 5.74) is 0. The van der Waals surface area contributed by atoms with Gasteiger partial charge in [0.05, 0.1) is 0 Å². The molecule has 1 aromatic rings. The van der Waals surface area contributed by atoms with Gasteiger partial charge in [-0.25, -0.2) is 0 Å². The molecular formula is C17H29NS. The molecule has 1 aliphatic carbocycles. The molecule has 0 bridgehead atoms. The van der Waals surface area contributed by atoms with Crippen LogP contribution in [0.5, 0.6) is 0 Å². The van der Waals surface area contributed by atoms with E-state index in [-0.39, 0.29) is 0 Å². The van der Waals surface area contributed by atoms with Gasteiger partial charge in [-0.2, -0.15) is 0 Å². The van der Waals surface area contributed by atoms with Crippen LogP contribution in [0, 0.1) is 11.8 Å². The first-order valence-corrected chi connectivity index (χ1v) is 8.93. The van der Waals surface area contributed by atoms with Crippen molar-refractivity contribution < 1.29 is 0 Å². The number of hydrogen-bond donors (Lipinski definition) is 1. The average Bonchev–Trinajstić information content (AvgIpc) is 3.09. The van der Waals surface area contributed by atoms with Crippen molar-refractivity contribution in [3.63, 3.8) is 0 Å². The molecule has 1 aromatic heterocycles. The van der Waals surface area contributed by atoms with E-state index in [4.69, 9.17) is 0 Å². The standard InChI is InChI=1S/C17H29NS/c1-3-11-18-13-15(14-7-5-6-8-14)12-17-10-9-16(4-2)19-17/h9-10,14-15,18H,3-8,11-13H2,1-2H3. The Balaban J connectivity index is 1.91.